The molecule has 0 spiro atoms. The summed E-state index contributed by atoms with van der Waals surface area (Å²) >= 11 is 0. The lowest BCUT2D eigenvalue weighted by Gasteiger charge is -2.21. The maximum atomic E-state index is 11.0. The monoisotopic (exact) mass is 139 g/mol. The van der Waals surface area contributed by atoms with E-state index in [1.165, 1.54) is 12.8 Å². The number of nitrogens with two attached hydrogens (primary N) is 1. The summed E-state index contributed by atoms with van der Waals surface area (Å²) < 4.78 is 0. The molecule has 0 heterocycles. The van der Waals surface area contributed by atoms with Crippen LogP contribution in [0.25, 0.3) is 0 Å². The number of rotatable bonds is 1. The predicted molar refractivity (Wildman–Crippen MR) is 38.2 cm³/mol. The van der Waals surface area contributed by atoms with Crippen molar-refractivity contribution >= 4 is 5.91 Å². The van der Waals surface area contributed by atoms with E-state index in [0.717, 1.165) is 25.2 Å². The van der Waals surface area contributed by atoms with E-state index >= 15 is 0 Å². The normalized spacial score (nSPS) is 44.2. The number of carbonyl (C=O) groups excluding carboxylic acids is 1. The SMILES string of the molecule is NC(=O)C12CCC(CC1)C2. The standard InChI is InChI=1S/C8H13NO/c9-7(10)8-3-1-6(5-8)2-4-8/h6H,1-5H2,(H2,9,10). The second-order valence-electron chi connectivity index (χ2n) is 3.79. The summed E-state index contributed by atoms with van der Waals surface area (Å²) in [4.78, 5) is 11.0. The molecule has 56 valence electrons. The zero-order valence-electron chi connectivity index (χ0n) is 6.10. The molecule has 2 nitrogen and oxygen atoms in total. The zero-order valence-corrected chi connectivity index (χ0v) is 6.10. The maximum Gasteiger partial charge on any atom is 0.223 e. The highest BCUT2D eigenvalue weighted by Gasteiger charge is 2.48. The van der Waals surface area contributed by atoms with Crippen molar-refractivity contribution in [2.75, 3.05) is 0 Å². The topological polar surface area (TPSA) is 43.1 Å². The highest BCUT2D eigenvalue weighted by atomic mass is 16.1. The van der Waals surface area contributed by atoms with Crippen molar-refractivity contribution in [1.29, 1.82) is 0 Å². The molecule has 2 fully saturated rings. The van der Waals surface area contributed by atoms with Crippen LogP contribution in [0.15, 0.2) is 0 Å². The van der Waals surface area contributed by atoms with Gasteiger partial charge in [0.25, 0.3) is 0 Å². The molecule has 0 aromatic heterocycles. The molecule has 1 amide bonds. The molecule has 0 unspecified atom stereocenters. The maximum absolute atomic E-state index is 11.0. The minimum absolute atomic E-state index is 0.0486. The molecule has 0 aromatic carbocycles. The number of hydrogen-bond donors (Lipinski definition) is 1. The van der Waals surface area contributed by atoms with E-state index in [-0.39, 0.29) is 11.3 Å². The Hall–Kier alpha value is -0.530. The Morgan fingerprint density at radius 3 is 2.20 bits per heavy atom. The summed E-state index contributed by atoms with van der Waals surface area (Å²) in [5.41, 5.74) is 5.28. The van der Waals surface area contributed by atoms with Crippen LogP contribution in [0.3, 0.4) is 0 Å². The first kappa shape index (κ1) is 6.20. The smallest absolute Gasteiger partial charge is 0.223 e. The number of amides is 1. The Balaban J connectivity index is 2.23. The van der Waals surface area contributed by atoms with Gasteiger partial charge < -0.3 is 5.73 Å². The number of primary amides is 1. The molecular formula is C8H13NO. The van der Waals surface area contributed by atoms with E-state index in [0.29, 0.717) is 0 Å². The molecule has 10 heavy (non-hydrogen) atoms. The van der Waals surface area contributed by atoms with Crippen LogP contribution in [0.1, 0.15) is 32.1 Å². The number of carbonyl (C=O) groups is 1. The van der Waals surface area contributed by atoms with Crippen LogP contribution < -0.4 is 5.73 Å². The third-order valence-electron chi connectivity index (χ3n) is 3.26. The van der Waals surface area contributed by atoms with Crippen LogP contribution in [-0.4, -0.2) is 5.91 Å². The van der Waals surface area contributed by atoms with Crippen molar-refractivity contribution in [3.05, 3.63) is 0 Å². The summed E-state index contributed by atoms with van der Waals surface area (Å²) in [6, 6.07) is 0. The predicted octanol–water partition coefficient (Wildman–Crippen LogP) is 1.05. The van der Waals surface area contributed by atoms with Gasteiger partial charge in [0, 0.05) is 5.41 Å². The van der Waals surface area contributed by atoms with Crippen LogP contribution >= 0.6 is 0 Å². The van der Waals surface area contributed by atoms with Crippen LogP contribution in [0.2, 0.25) is 0 Å². The minimum Gasteiger partial charge on any atom is -0.369 e. The average molecular weight is 139 g/mol. The van der Waals surface area contributed by atoms with Gasteiger partial charge in [-0.3, -0.25) is 4.79 Å². The third kappa shape index (κ3) is 0.619. The van der Waals surface area contributed by atoms with Crippen molar-refractivity contribution in [3.63, 3.8) is 0 Å². The largest absolute Gasteiger partial charge is 0.369 e. The Bertz CT molecular complexity index is 168. The van der Waals surface area contributed by atoms with E-state index in [9.17, 15) is 4.79 Å². The molecule has 0 aromatic rings. The molecule has 0 saturated heterocycles. The molecule has 2 heteroatoms. The van der Waals surface area contributed by atoms with E-state index in [1.807, 2.05) is 0 Å². The van der Waals surface area contributed by atoms with Crippen molar-refractivity contribution in [3.8, 4) is 0 Å². The van der Waals surface area contributed by atoms with E-state index in [2.05, 4.69) is 0 Å². The fourth-order valence-electron chi connectivity index (χ4n) is 2.54. The van der Waals surface area contributed by atoms with E-state index in [4.69, 9.17) is 5.73 Å². The first-order chi connectivity index (χ1) is 4.73. The molecule has 2 N–H and O–H groups in total. The first-order valence-corrected chi connectivity index (χ1v) is 4.03. The molecule has 2 bridgehead atoms. The number of hydrogen-bond acceptors (Lipinski definition) is 1. The van der Waals surface area contributed by atoms with Gasteiger partial charge in [0.05, 0.1) is 0 Å². The van der Waals surface area contributed by atoms with Crippen molar-refractivity contribution in [1.82, 2.24) is 0 Å². The second-order valence-corrected chi connectivity index (χ2v) is 3.79. The van der Waals surface area contributed by atoms with Gasteiger partial charge in [-0.05, 0) is 38.0 Å². The molecule has 2 aliphatic carbocycles. The fraction of sp³-hybridized carbons (Fsp3) is 0.875. The van der Waals surface area contributed by atoms with Gasteiger partial charge in [0.15, 0.2) is 0 Å². The van der Waals surface area contributed by atoms with Gasteiger partial charge in [-0.2, -0.15) is 0 Å². The Morgan fingerprint density at radius 2 is 2.00 bits per heavy atom. The van der Waals surface area contributed by atoms with Gasteiger partial charge in [-0.1, -0.05) is 0 Å². The molecule has 2 aliphatic rings. The van der Waals surface area contributed by atoms with Gasteiger partial charge in [-0.25, -0.2) is 0 Å². The zero-order chi connectivity index (χ0) is 7.19. The average Bonchev–Trinajstić information content (AvgIpc) is 2.45. The molecule has 2 saturated carbocycles. The quantitative estimate of drug-likeness (QED) is 0.579. The molecule has 0 radical (unpaired) electrons. The summed E-state index contributed by atoms with van der Waals surface area (Å²) in [5, 5.41) is 0. The first-order valence-electron chi connectivity index (χ1n) is 4.03. The highest BCUT2D eigenvalue weighted by Crippen LogP contribution is 2.53. The second kappa shape index (κ2) is 1.74. The van der Waals surface area contributed by atoms with Gasteiger partial charge in [0.2, 0.25) is 5.91 Å². The third-order valence-corrected chi connectivity index (χ3v) is 3.26. The lowest BCUT2D eigenvalue weighted by Crippen LogP contribution is -2.32. The molecule has 2 rings (SSSR count). The van der Waals surface area contributed by atoms with Gasteiger partial charge >= 0.3 is 0 Å². The highest BCUT2D eigenvalue weighted by molar-refractivity contribution is 5.81. The van der Waals surface area contributed by atoms with Crippen LogP contribution in [0, 0.1) is 11.3 Å². The Kier molecular flexibility index (Phi) is 1.08. The lowest BCUT2D eigenvalue weighted by atomic mass is 9.84. The molecular weight excluding hydrogens is 126 g/mol. The minimum atomic E-state index is -0.0509. The molecule has 0 atom stereocenters. The number of fused-ring (bicyclic) bond motifs is 2. The fourth-order valence-corrected chi connectivity index (χ4v) is 2.54. The Morgan fingerprint density at radius 1 is 1.40 bits per heavy atom. The Labute approximate surface area is 60.8 Å². The van der Waals surface area contributed by atoms with Crippen molar-refractivity contribution in [2.24, 2.45) is 17.1 Å². The van der Waals surface area contributed by atoms with Gasteiger partial charge in [0.1, 0.15) is 0 Å². The van der Waals surface area contributed by atoms with E-state index < -0.39 is 0 Å². The van der Waals surface area contributed by atoms with Crippen LogP contribution in [0.5, 0.6) is 0 Å². The summed E-state index contributed by atoms with van der Waals surface area (Å²) in [6.07, 6.45) is 5.69. The van der Waals surface area contributed by atoms with E-state index in [1.54, 1.807) is 0 Å². The van der Waals surface area contributed by atoms with Gasteiger partial charge in [-0.15, -0.1) is 0 Å². The lowest BCUT2D eigenvalue weighted by molar-refractivity contribution is -0.127. The summed E-state index contributed by atoms with van der Waals surface area (Å²) in [6.45, 7) is 0. The van der Waals surface area contributed by atoms with Crippen LogP contribution in [-0.2, 0) is 4.79 Å². The summed E-state index contributed by atoms with van der Waals surface area (Å²) in [5.74, 6) is 0.778. The summed E-state index contributed by atoms with van der Waals surface area (Å²) in [7, 11) is 0. The van der Waals surface area contributed by atoms with Crippen molar-refractivity contribution in [2.45, 2.75) is 32.1 Å². The molecule has 0 aliphatic heterocycles. The van der Waals surface area contributed by atoms with Crippen LogP contribution in [0.4, 0.5) is 0 Å². The van der Waals surface area contributed by atoms with Crippen molar-refractivity contribution < 1.29 is 4.79 Å².